The Kier molecular flexibility index (Phi) is 5.66. The highest BCUT2D eigenvalue weighted by Crippen LogP contribution is 2.21. The number of halogens is 2. The van der Waals surface area contributed by atoms with E-state index in [0.717, 1.165) is 10.9 Å². The van der Waals surface area contributed by atoms with Crippen molar-refractivity contribution < 1.29 is 14.3 Å². The number of rotatable bonds is 5. The minimum atomic E-state index is -0.640. The number of carbonyl (C=O) groups excluding carboxylic acids is 2. The summed E-state index contributed by atoms with van der Waals surface area (Å²) in [6.07, 6.45) is 2.77. The molecule has 0 amide bonds. The molecular formula is C20H13Cl2NO3. The van der Waals surface area contributed by atoms with Crippen LogP contribution in [0.5, 0.6) is 0 Å². The quantitative estimate of drug-likeness (QED) is 0.353. The second kappa shape index (κ2) is 8.13. The Balaban J connectivity index is 1.60. The fourth-order valence-electron chi connectivity index (χ4n) is 2.31. The van der Waals surface area contributed by atoms with Crippen LogP contribution in [0.25, 0.3) is 17.0 Å². The number of nitrogens with zero attached hydrogens (tertiary/aromatic N) is 1. The molecule has 0 fully saturated rings. The molecule has 0 saturated heterocycles. The summed E-state index contributed by atoms with van der Waals surface area (Å²) in [5, 5.41) is 1.65. The third-order valence-corrected chi connectivity index (χ3v) is 4.14. The molecule has 0 spiro atoms. The average Bonchev–Trinajstić information content (AvgIpc) is 2.64. The number of esters is 1. The van der Waals surface area contributed by atoms with Gasteiger partial charge in [-0.2, -0.15) is 0 Å². The van der Waals surface area contributed by atoms with Gasteiger partial charge in [0.15, 0.2) is 6.61 Å². The minimum Gasteiger partial charge on any atom is -0.454 e. The smallest absolute Gasteiger partial charge is 0.331 e. The lowest BCUT2D eigenvalue weighted by atomic mass is 10.1. The molecule has 0 unspecified atom stereocenters. The number of Topliss-reactive ketones (excluding diaryl/α,β-unsaturated/α-hetero) is 1. The van der Waals surface area contributed by atoms with E-state index < -0.39 is 18.4 Å². The molecule has 3 rings (SSSR count). The van der Waals surface area contributed by atoms with Crippen LogP contribution in [0.15, 0.2) is 60.7 Å². The second-order valence-electron chi connectivity index (χ2n) is 5.42. The third kappa shape index (κ3) is 4.48. The first-order valence-electron chi connectivity index (χ1n) is 7.72. The summed E-state index contributed by atoms with van der Waals surface area (Å²) in [6, 6.07) is 15.9. The standard InChI is InChI=1S/C20H13Cl2NO3/c21-14-6-9-16(17(22)11-14)19(24)12-26-20(25)10-8-15-7-5-13-3-1-2-4-18(13)23-15/h1-11H,12H2/b10-8+. The van der Waals surface area contributed by atoms with Gasteiger partial charge in [0, 0.05) is 22.0 Å². The minimum absolute atomic E-state index is 0.217. The number of fused-ring (bicyclic) bond motifs is 1. The number of benzene rings is 2. The zero-order chi connectivity index (χ0) is 18.5. The van der Waals surface area contributed by atoms with Gasteiger partial charge in [0.05, 0.1) is 16.2 Å². The van der Waals surface area contributed by atoms with Crippen LogP contribution in [-0.2, 0) is 9.53 Å². The van der Waals surface area contributed by atoms with Crippen molar-refractivity contribution in [3.8, 4) is 0 Å². The first-order chi connectivity index (χ1) is 12.5. The molecule has 130 valence electrons. The topological polar surface area (TPSA) is 56.3 Å². The third-order valence-electron chi connectivity index (χ3n) is 3.59. The Hall–Kier alpha value is -2.69. The summed E-state index contributed by atoms with van der Waals surface area (Å²) in [5.41, 5.74) is 1.70. The number of carbonyl (C=O) groups is 2. The molecule has 0 N–H and O–H groups in total. The summed E-state index contributed by atoms with van der Waals surface area (Å²) < 4.78 is 4.96. The maximum Gasteiger partial charge on any atom is 0.331 e. The SMILES string of the molecule is O=C(/C=C/c1ccc2ccccc2n1)OCC(=O)c1ccc(Cl)cc1Cl. The molecule has 1 heterocycles. The van der Waals surface area contributed by atoms with E-state index in [1.807, 2.05) is 30.3 Å². The molecular weight excluding hydrogens is 373 g/mol. The highest BCUT2D eigenvalue weighted by Gasteiger charge is 2.12. The normalized spacial score (nSPS) is 11.0. The molecule has 0 aliphatic heterocycles. The van der Waals surface area contributed by atoms with Crippen molar-refractivity contribution in [3.63, 3.8) is 0 Å². The van der Waals surface area contributed by atoms with E-state index in [1.165, 1.54) is 24.3 Å². The first-order valence-corrected chi connectivity index (χ1v) is 8.47. The van der Waals surface area contributed by atoms with Crippen molar-refractivity contribution in [1.29, 1.82) is 0 Å². The van der Waals surface area contributed by atoms with E-state index in [4.69, 9.17) is 27.9 Å². The van der Waals surface area contributed by atoms with Gasteiger partial charge >= 0.3 is 5.97 Å². The van der Waals surface area contributed by atoms with Crippen molar-refractivity contribution in [3.05, 3.63) is 82.0 Å². The summed E-state index contributed by atoms with van der Waals surface area (Å²) in [4.78, 5) is 28.3. The van der Waals surface area contributed by atoms with Crippen LogP contribution < -0.4 is 0 Å². The van der Waals surface area contributed by atoms with Crippen molar-refractivity contribution in [2.75, 3.05) is 6.61 Å². The molecule has 0 bridgehead atoms. The van der Waals surface area contributed by atoms with Gasteiger partial charge in [0.2, 0.25) is 5.78 Å². The molecule has 4 nitrogen and oxygen atoms in total. The summed E-state index contributed by atoms with van der Waals surface area (Å²) >= 11 is 11.7. The van der Waals surface area contributed by atoms with Crippen LogP contribution in [0.2, 0.25) is 10.0 Å². The van der Waals surface area contributed by atoms with Gasteiger partial charge in [-0.15, -0.1) is 0 Å². The molecule has 6 heteroatoms. The fraction of sp³-hybridized carbons (Fsp3) is 0.0500. The van der Waals surface area contributed by atoms with E-state index in [0.29, 0.717) is 10.7 Å². The van der Waals surface area contributed by atoms with Crippen LogP contribution >= 0.6 is 23.2 Å². The highest BCUT2D eigenvalue weighted by molar-refractivity contribution is 6.36. The number of ketones is 1. The number of hydrogen-bond donors (Lipinski definition) is 0. The Morgan fingerprint density at radius 3 is 2.65 bits per heavy atom. The molecule has 2 aromatic carbocycles. The Labute approximate surface area is 160 Å². The zero-order valence-electron chi connectivity index (χ0n) is 13.5. The molecule has 0 radical (unpaired) electrons. The number of aromatic nitrogens is 1. The maximum atomic E-state index is 12.1. The van der Waals surface area contributed by atoms with E-state index >= 15 is 0 Å². The molecule has 0 atom stereocenters. The average molecular weight is 386 g/mol. The van der Waals surface area contributed by atoms with Crippen molar-refractivity contribution in [1.82, 2.24) is 4.98 Å². The van der Waals surface area contributed by atoms with Crippen LogP contribution in [0.3, 0.4) is 0 Å². The van der Waals surface area contributed by atoms with Gasteiger partial charge in [-0.3, -0.25) is 4.79 Å². The first kappa shape index (κ1) is 18.1. The van der Waals surface area contributed by atoms with Crippen LogP contribution in [-0.4, -0.2) is 23.3 Å². The number of para-hydroxylation sites is 1. The van der Waals surface area contributed by atoms with Gasteiger partial charge in [-0.25, -0.2) is 9.78 Å². The van der Waals surface area contributed by atoms with Gasteiger partial charge in [0.25, 0.3) is 0 Å². The number of pyridine rings is 1. The summed E-state index contributed by atoms with van der Waals surface area (Å²) in [6.45, 7) is -0.407. The number of ether oxygens (including phenoxy) is 1. The van der Waals surface area contributed by atoms with E-state index in [2.05, 4.69) is 4.98 Å². The predicted molar refractivity (Wildman–Crippen MR) is 103 cm³/mol. The predicted octanol–water partition coefficient (Wildman–Crippen LogP) is 4.98. The van der Waals surface area contributed by atoms with E-state index in [1.54, 1.807) is 12.1 Å². The van der Waals surface area contributed by atoms with Crippen LogP contribution in [0.4, 0.5) is 0 Å². The molecule has 26 heavy (non-hydrogen) atoms. The van der Waals surface area contributed by atoms with Crippen LogP contribution in [0, 0.1) is 0 Å². The van der Waals surface area contributed by atoms with E-state index in [-0.39, 0.29) is 10.6 Å². The summed E-state index contributed by atoms with van der Waals surface area (Å²) in [5.74, 6) is -1.05. The molecule has 1 aromatic heterocycles. The molecule has 0 aliphatic rings. The molecule has 0 saturated carbocycles. The highest BCUT2D eigenvalue weighted by atomic mass is 35.5. The Bertz CT molecular complexity index is 1010. The Morgan fingerprint density at radius 1 is 1.04 bits per heavy atom. The summed E-state index contributed by atoms with van der Waals surface area (Å²) in [7, 11) is 0. The maximum absolute atomic E-state index is 12.1. The van der Waals surface area contributed by atoms with Crippen molar-refractivity contribution >= 4 is 51.9 Å². The van der Waals surface area contributed by atoms with Gasteiger partial charge < -0.3 is 4.74 Å². The van der Waals surface area contributed by atoms with Gasteiger partial charge in [0.1, 0.15) is 0 Å². The van der Waals surface area contributed by atoms with Gasteiger partial charge in [-0.05, 0) is 36.4 Å². The molecule has 0 aliphatic carbocycles. The second-order valence-corrected chi connectivity index (χ2v) is 6.26. The van der Waals surface area contributed by atoms with E-state index in [9.17, 15) is 9.59 Å². The lowest BCUT2D eigenvalue weighted by Crippen LogP contribution is -2.13. The lowest BCUT2D eigenvalue weighted by Gasteiger charge is -2.04. The zero-order valence-corrected chi connectivity index (χ0v) is 15.0. The van der Waals surface area contributed by atoms with Gasteiger partial charge in [-0.1, -0.05) is 47.5 Å². The monoisotopic (exact) mass is 385 g/mol. The molecule has 3 aromatic rings. The largest absolute Gasteiger partial charge is 0.454 e. The van der Waals surface area contributed by atoms with Crippen LogP contribution in [0.1, 0.15) is 16.1 Å². The fourth-order valence-corrected chi connectivity index (χ4v) is 2.82. The van der Waals surface area contributed by atoms with Crippen molar-refractivity contribution in [2.45, 2.75) is 0 Å². The van der Waals surface area contributed by atoms with Crippen molar-refractivity contribution in [2.24, 2.45) is 0 Å². The Morgan fingerprint density at radius 2 is 1.85 bits per heavy atom. The lowest BCUT2D eigenvalue weighted by molar-refractivity contribution is -0.136. The number of hydrogen-bond acceptors (Lipinski definition) is 4.